The van der Waals surface area contributed by atoms with Gasteiger partial charge >= 0.3 is 0 Å². The standard InChI is InChI=1S/C15H24ClNO3/c1-12(17-2)14-11-13(16)5-6-15(14)20-8-4-7-19-10-9-18-3/h5-6,11-12,17H,4,7-10H2,1-3H3. The van der Waals surface area contributed by atoms with Crippen molar-refractivity contribution in [3.05, 3.63) is 28.8 Å². The van der Waals surface area contributed by atoms with Crippen LogP contribution in [-0.2, 0) is 9.47 Å². The molecule has 20 heavy (non-hydrogen) atoms. The molecule has 4 nitrogen and oxygen atoms in total. The number of benzene rings is 1. The summed E-state index contributed by atoms with van der Waals surface area (Å²) in [5.41, 5.74) is 1.07. The lowest BCUT2D eigenvalue weighted by Crippen LogP contribution is -2.14. The lowest BCUT2D eigenvalue weighted by atomic mass is 10.1. The molecular weight excluding hydrogens is 278 g/mol. The molecule has 1 atom stereocenters. The molecule has 1 aromatic rings. The summed E-state index contributed by atoms with van der Waals surface area (Å²) < 4.78 is 16.1. The number of ether oxygens (including phenoxy) is 3. The van der Waals surface area contributed by atoms with Gasteiger partial charge in [0.2, 0.25) is 0 Å². The Morgan fingerprint density at radius 1 is 1.20 bits per heavy atom. The van der Waals surface area contributed by atoms with Crippen LogP contribution >= 0.6 is 11.6 Å². The lowest BCUT2D eigenvalue weighted by Gasteiger charge is -2.17. The first-order chi connectivity index (χ1) is 9.69. The molecule has 0 spiro atoms. The van der Waals surface area contributed by atoms with E-state index < -0.39 is 0 Å². The van der Waals surface area contributed by atoms with Crippen LogP contribution in [-0.4, -0.2) is 40.6 Å². The highest BCUT2D eigenvalue weighted by molar-refractivity contribution is 6.30. The fourth-order valence-corrected chi connectivity index (χ4v) is 1.91. The van der Waals surface area contributed by atoms with Crippen LogP contribution in [0, 0.1) is 0 Å². The van der Waals surface area contributed by atoms with E-state index in [0.29, 0.717) is 26.4 Å². The monoisotopic (exact) mass is 301 g/mol. The van der Waals surface area contributed by atoms with Crippen LogP contribution in [0.4, 0.5) is 0 Å². The Hall–Kier alpha value is -0.810. The van der Waals surface area contributed by atoms with Crippen LogP contribution in [0.25, 0.3) is 0 Å². The first-order valence-electron chi connectivity index (χ1n) is 6.85. The summed E-state index contributed by atoms with van der Waals surface area (Å²) in [6.45, 7) is 4.62. The van der Waals surface area contributed by atoms with Crippen molar-refractivity contribution in [1.82, 2.24) is 5.32 Å². The van der Waals surface area contributed by atoms with Gasteiger partial charge in [-0.25, -0.2) is 0 Å². The molecule has 0 saturated heterocycles. The summed E-state index contributed by atoms with van der Waals surface area (Å²) in [6, 6.07) is 5.89. The number of nitrogens with one attached hydrogen (secondary N) is 1. The molecule has 0 aliphatic rings. The fourth-order valence-electron chi connectivity index (χ4n) is 1.73. The molecule has 1 unspecified atom stereocenters. The predicted molar refractivity (Wildman–Crippen MR) is 81.7 cm³/mol. The normalized spacial score (nSPS) is 12.4. The molecule has 0 aliphatic carbocycles. The van der Waals surface area contributed by atoms with Gasteiger partial charge in [-0.3, -0.25) is 0 Å². The Balaban J connectivity index is 2.39. The average Bonchev–Trinajstić information content (AvgIpc) is 2.46. The molecule has 0 aliphatic heterocycles. The molecular formula is C15H24ClNO3. The number of rotatable bonds is 10. The highest BCUT2D eigenvalue weighted by Gasteiger charge is 2.10. The minimum atomic E-state index is 0.196. The Labute approximate surface area is 126 Å². The number of hydrogen-bond donors (Lipinski definition) is 1. The van der Waals surface area contributed by atoms with Crippen LogP contribution in [0.3, 0.4) is 0 Å². The maximum absolute atomic E-state index is 6.03. The molecule has 0 saturated carbocycles. The molecule has 0 heterocycles. The van der Waals surface area contributed by atoms with E-state index in [9.17, 15) is 0 Å². The van der Waals surface area contributed by atoms with Gasteiger partial charge in [-0.05, 0) is 32.2 Å². The van der Waals surface area contributed by atoms with E-state index in [2.05, 4.69) is 12.2 Å². The molecule has 114 valence electrons. The van der Waals surface area contributed by atoms with Gasteiger partial charge < -0.3 is 19.5 Å². The maximum atomic E-state index is 6.03. The van der Waals surface area contributed by atoms with Crippen molar-refractivity contribution in [2.45, 2.75) is 19.4 Å². The van der Waals surface area contributed by atoms with E-state index in [1.54, 1.807) is 7.11 Å². The van der Waals surface area contributed by atoms with E-state index >= 15 is 0 Å². The molecule has 1 N–H and O–H groups in total. The summed E-state index contributed by atoms with van der Waals surface area (Å²) >= 11 is 6.03. The van der Waals surface area contributed by atoms with Gasteiger partial charge in [0, 0.05) is 36.8 Å². The van der Waals surface area contributed by atoms with Crippen LogP contribution in [0.1, 0.15) is 24.9 Å². The van der Waals surface area contributed by atoms with E-state index in [-0.39, 0.29) is 6.04 Å². The molecule has 0 radical (unpaired) electrons. The zero-order valence-electron chi connectivity index (χ0n) is 12.4. The summed E-state index contributed by atoms with van der Waals surface area (Å²) in [7, 11) is 3.58. The highest BCUT2D eigenvalue weighted by Crippen LogP contribution is 2.28. The summed E-state index contributed by atoms with van der Waals surface area (Å²) in [5.74, 6) is 0.869. The second kappa shape index (κ2) is 10.00. The summed E-state index contributed by atoms with van der Waals surface area (Å²) in [5, 5.41) is 3.92. The fraction of sp³-hybridized carbons (Fsp3) is 0.600. The second-order valence-corrected chi connectivity index (χ2v) is 4.94. The van der Waals surface area contributed by atoms with Gasteiger partial charge in [0.05, 0.1) is 19.8 Å². The van der Waals surface area contributed by atoms with Gasteiger partial charge in [-0.1, -0.05) is 11.6 Å². The third kappa shape index (κ3) is 6.09. The van der Waals surface area contributed by atoms with Gasteiger partial charge in [0.1, 0.15) is 5.75 Å². The van der Waals surface area contributed by atoms with Crippen molar-refractivity contribution in [3.8, 4) is 5.75 Å². The quantitative estimate of drug-likeness (QED) is 0.674. The van der Waals surface area contributed by atoms with E-state index in [1.165, 1.54) is 0 Å². The van der Waals surface area contributed by atoms with Gasteiger partial charge in [0.25, 0.3) is 0 Å². The van der Waals surface area contributed by atoms with Crippen LogP contribution in [0.2, 0.25) is 5.02 Å². The maximum Gasteiger partial charge on any atom is 0.124 e. The van der Waals surface area contributed by atoms with Crippen molar-refractivity contribution in [2.24, 2.45) is 0 Å². The van der Waals surface area contributed by atoms with E-state index in [4.69, 9.17) is 25.8 Å². The molecule has 0 amide bonds. The third-order valence-electron chi connectivity index (χ3n) is 2.99. The first-order valence-corrected chi connectivity index (χ1v) is 7.23. The van der Waals surface area contributed by atoms with E-state index in [1.807, 2.05) is 25.2 Å². The van der Waals surface area contributed by atoms with Crippen LogP contribution in [0.5, 0.6) is 5.75 Å². The molecule has 5 heteroatoms. The molecule has 0 fully saturated rings. The van der Waals surface area contributed by atoms with Crippen molar-refractivity contribution in [1.29, 1.82) is 0 Å². The van der Waals surface area contributed by atoms with Crippen molar-refractivity contribution >= 4 is 11.6 Å². The molecule has 0 aromatic heterocycles. The largest absolute Gasteiger partial charge is 0.493 e. The zero-order chi connectivity index (χ0) is 14.8. The summed E-state index contributed by atoms with van der Waals surface area (Å²) in [4.78, 5) is 0. The number of halogens is 1. The second-order valence-electron chi connectivity index (χ2n) is 4.50. The van der Waals surface area contributed by atoms with Crippen LogP contribution < -0.4 is 10.1 Å². The highest BCUT2D eigenvalue weighted by atomic mass is 35.5. The van der Waals surface area contributed by atoms with Gasteiger partial charge in [-0.2, -0.15) is 0 Å². The van der Waals surface area contributed by atoms with E-state index in [0.717, 1.165) is 22.8 Å². The molecule has 0 bridgehead atoms. The third-order valence-corrected chi connectivity index (χ3v) is 3.23. The van der Waals surface area contributed by atoms with Crippen LogP contribution in [0.15, 0.2) is 18.2 Å². The Kier molecular flexibility index (Phi) is 8.62. The number of hydrogen-bond acceptors (Lipinski definition) is 4. The lowest BCUT2D eigenvalue weighted by molar-refractivity contribution is 0.0643. The minimum absolute atomic E-state index is 0.196. The summed E-state index contributed by atoms with van der Waals surface area (Å²) in [6.07, 6.45) is 0.847. The van der Waals surface area contributed by atoms with Crippen molar-refractivity contribution in [2.75, 3.05) is 40.6 Å². The Morgan fingerprint density at radius 3 is 2.70 bits per heavy atom. The predicted octanol–water partition coefficient (Wildman–Crippen LogP) is 3.05. The molecule has 1 aromatic carbocycles. The average molecular weight is 302 g/mol. The van der Waals surface area contributed by atoms with Crippen molar-refractivity contribution < 1.29 is 14.2 Å². The Morgan fingerprint density at radius 2 is 2.00 bits per heavy atom. The molecule has 1 rings (SSSR count). The van der Waals surface area contributed by atoms with Gasteiger partial charge in [-0.15, -0.1) is 0 Å². The topological polar surface area (TPSA) is 39.7 Å². The van der Waals surface area contributed by atoms with Gasteiger partial charge in [0.15, 0.2) is 0 Å². The van der Waals surface area contributed by atoms with Crippen molar-refractivity contribution in [3.63, 3.8) is 0 Å². The smallest absolute Gasteiger partial charge is 0.124 e. The first kappa shape index (κ1) is 17.2. The minimum Gasteiger partial charge on any atom is -0.493 e. The Bertz CT molecular complexity index is 387. The zero-order valence-corrected chi connectivity index (χ0v) is 13.2. The number of methoxy groups -OCH3 is 1. The SMILES string of the molecule is CNC(C)c1cc(Cl)ccc1OCCCOCCOC.